The van der Waals surface area contributed by atoms with E-state index in [2.05, 4.69) is 6.92 Å². The molecule has 3 heteroatoms. The van der Waals surface area contributed by atoms with Crippen molar-refractivity contribution < 1.29 is 4.79 Å². The van der Waals surface area contributed by atoms with Crippen LogP contribution in [0.25, 0.3) is 0 Å². The van der Waals surface area contributed by atoms with Crippen molar-refractivity contribution in [2.24, 2.45) is 17.6 Å². The third-order valence-electron chi connectivity index (χ3n) is 3.42. The SMILES string of the molecule is CCCC1CCN(C(=O)C(CC)CN)C1. The predicted molar refractivity (Wildman–Crippen MR) is 62.4 cm³/mol. The molecule has 1 heterocycles. The number of carbonyl (C=O) groups excluding carboxylic acids is 1. The minimum atomic E-state index is 0.0466. The van der Waals surface area contributed by atoms with Gasteiger partial charge in [-0.1, -0.05) is 20.3 Å². The lowest BCUT2D eigenvalue weighted by molar-refractivity contribution is -0.134. The average molecular weight is 212 g/mol. The predicted octanol–water partition coefficient (Wildman–Crippen LogP) is 1.62. The maximum Gasteiger partial charge on any atom is 0.226 e. The van der Waals surface area contributed by atoms with Gasteiger partial charge in [-0.15, -0.1) is 0 Å². The Labute approximate surface area is 93.0 Å². The highest BCUT2D eigenvalue weighted by molar-refractivity contribution is 5.79. The van der Waals surface area contributed by atoms with Gasteiger partial charge in [-0.3, -0.25) is 4.79 Å². The van der Waals surface area contributed by atoms with Crippen LogP contribution < -0.4 is 5.73 Å². The van der Waals surface area contributed by atoms with Gasteiger partial charge >= 0.3 is 0 Å². The van der Waals surface area contributed by atoms with Crippen LogP contribution in [-0.4, -0.2) is 30.4 Å². The fraction of sp³-hybridized carbons (Fsp3) is 0.917. The Hall–Kier alpha value is -0.570. The third kappa shape index (κ3) is 3.20. The summed E-state index contributed by atoms with van der Waals surface area (Å²) in [6, 6.07) is 0. The Bertz CT molecular complexity index is 202. The molecule has 1 amide bonds. The fourth-order valence-electron chi connectivity index (χ4n) is 2.38. The van der Waals surface area contributed by atoms with Crippen molar-refractivity contribution in [3.63, 3.8) is 0 Å². The second kappa shape index (κ2) is 6.11. The maximum atomic E-state index is 12.0. The second-order valence-corrected chi connectivity index (χ2v) is 4.57. The summed E-state index contributed by atoms with van der Waals surface area (Å²) in [7, 11) is 0. The van der Waals surface area contributed by atoms with Crippen LogP contribution in [0.2, 0.25) is 0 Å². The molecular formula is C12H24N2O. The molecule has 0 spiro atoms. The van der Waals surface area contributed by atoms with Crippen LogP contribution in [0.15, 0.2) is 0 Å². The van der Waals surface area contributed by atoms with E-state index in [1.165, 1.54) is 19.3 Å². The van der Waals surface area contributed by atoms with Gasteiger partial charge in [-0.25, -0.2) is 0 Å². The molecule has 2 N–H and O–H groups in total. The van der Waals surface area contributed by atoms with Gasteiger partial charge in [0.25, 0.3) is 0 Å². The molecule has 1 saturated heterocycles. The smallest absolute Gasteiger partial charge is 0.226 e. The topological polar surface area (TPSA) is 46.3 Å². The summed E-state index contributed by atoms with van der Waals surface area (Å²) >= 11 is 0. The van der Waals surface area contributed by atoms with Crippen molar-refractivity contribution in [1.29, 1.82) is 0 Å². The van der Waals surface area contributed by atoms with Crippen LogP contribution in [0, 0.1) is 11.8 Å². The molecule has 3 nitrogen and oxygen atoms in total. The van der Waals surface area contributed by atoms with Gasteiger partial charge in [0, 0.05) is 19.6 Å². The summed E-state index contributed by atoms with van der Waals surface area (Å²) in [6.45, 7) is 6.64. The molecule has 0 saturated carbocycles. The minimum Gasteiger partial charge on any atom is -0.342 e. The summed E-state index contributed by atoms with van der Waals surface area (Å²) in [5.74, 6) is 1.05. The van der Waals surface area contributed by atoms with E-state index in [0.29, 0.717) is 6.54 Å². The lowest BCUT2D eigenvalue weighted by Gasteiger charge is -2.21. The quantitative estimate of drug-likeness (QED) is 0.752. The first-order valence-corrected chi connectivity index (χ1v) is 6.21. The monoisotopic (exact) mass is 212 g/mol. The molecular weight excluding hydrogens is 188 g/mol. The molecule has 88 valence electrons. The number of hydrogen-bond donors (Lipinski definition) is 1. The Morgan fingerprint density at radius 2 is 2.27 bits per heavy atom. The van der Waals surface area contributed by atoms with E-state index in [1.807, 2.05) is 11.8 Å². The zero-order valence-electron chi connectivity index (χ0n) is 10.0. The summed E-state index contributed by atoms with van der Waals surface area (Å²) in [6.07, 6.45) is 4.52. The molecule has 0 aromatic carbocycles. The van der Waals surface area contributed by atoms with E-state index < -0.39 is 0 Å². The van der Waals surface area contributed by atoms with Crippen LogP contribution in [0.5, 0.6) is 0 Å². The van der Waals surface area contributed by atoms with Crippen LogP contribution in [0.3, 0.4) is 0 Å². The molecule has 15 heavy (non-hydrogen) atoms. The summed E-state index contributed by atoms with van der Waals surface area (Å²) in [4.78, 5) is 14.0. The summed E-state index contributed by atoms with van der Waals surface area (Å²) < 4.78 is 0. The first-order valence-electron chi connectivity index (χ1n) is 6.21. The first kappa shape index (κ1) is 12.5. The number of amides is 1. The van der Waals surface area contributed by atoms with E-state index in [-0.39, 0.29) is 11.8 Å². The molecule has 0 aliphatic carbocycles. The normalized spacial score (nSPS) is 23.1. The lowest BCUT2D eigenvalue weighted by Crippen LogP contribution is -2.37. The molecule has 0 aromatic heterocycles. The first-order chi connectivity index (χ1) is 7.22. The lowest BCUT2D eigenvalue weighted by atomic mass is 10.0. The Kier molecular flexibility index (Phi) is 5.09. The summed E-state index contributed by atoms with van der Waals surface area (Å²) in [5, 5.41) is 0. The van der Waals surface area contributed by atoms with Crippen LogP contribution in [0.4, 0.5) is 0 Å². The molecule has 0 aromatic rings. The van der Waals surface area contributed by atoms with Crippen molar-refractivity contribution in [3.8, 4) is 0 Å². The zero-order valence-corrected chi connectivity index (χ0v) is 10.0. The minimum absolute atomic E-state index is 0.0466. The number of carbonyl (C=O) groups is 1. The molecule has 1 fully saturated rings. The highest BCUT2D eigenvalue weighted by Crippen LogP contribution is 2.22. The van der Waals surface area contributed by atoms with Crippen molar-refractivity contribution in [2.75, 3.05) is 19.6 Å². The standard InChI is InChI=1S/C12H24N2O/c1-3-5-10-6-7-14(9-10)12(15)11(4-2)8-13/h10-11H,3-9,13H2,1-2H3. The fourth-order valence-corrected chi connectivity index (χ4v) is 2.38. The number of hydrogen-bond acceptors (Lipinski definition) is 2. The zero-order chi connectivity index (χ0) is 11.3. The highest BCUT2D eigenvalue weighted by atomic mass is 16.2. The van der Waals surface area contributed by atoms with Crippen molar-refractivity contribution in [2.45, 2.75) is 39.5 Å². The molecule has 1 rings (SSSR count). The van der Waals surface area contributed by atoms with Crippen LogP contribution in [0.1, 0.15) is 39.5 Å². The largest absolute Gasteiger partial charge is 0.342 e. The van der Waals surface area contributed by atoms with Gasteiger partial charge in [0.15, 0.2) is 0 Å². The molecule has 0 bridgehead atoms. The molecule has 2 atom stereocenters. The molecule has 2 unspecified atom stereocenters. The highest BCUT2D eigenvalue weighted by Gasteiger charge is 2.28. The van der Waals surface area contributed by atoms with Crippen LogP contribution in [-0.2, 0) is 4.79 Å². The third-order valence-corrected chi connectivity index (χ3v) is 3.42. The molecule has 1 aliphatic heterocycles. The Balaban J connectivity index is 2.42. The maximum absolute atomic E-state index is 12.0. The number of likely N-dealkylation sites (tertiary alicyclic amines) is 1. The Morgan fingerprint density at radius 1 is 1.53 bits per heavy atom. The van der Waals surface area contributed by atoms with E-state index in [4.69, 9.17) is 5.73 Å². The van der Waals surface area contributed by atoms with E-state index in [1.54, 1.807) is 0 Å². The molecule has 1 aliphatic rings. The van der Waals surface area contributed by atoms with E-state index >= 15 is 0 Å². The number of nitrogens with two attached hydrogens (primary N) is 1. The van der Waals surface area contributed by atoms with E-state index in [0.717, 1.165) is 25.4 Å². The second-order valence-electron chi connectivity index (χ2n) is 4.57. The van der Waals surface area contributed by atoms with Crippen molar-refractivity contribution >= 4 is 5.91 Å². The van der Waals surface area contributed by atoms with Gasteiger partial charge < -0.3 is 10.6 Å². The van der Waals surface area contributed by atoms with Gasteiger partial charge in [0.05, 0.1) is 5.92 Å². The Morgan fingerprint density at radius 3 is 2.80 bits per heavy atom. The number of rotatable bonds is 5. The van der Waals surface area contributed by atoms with E-state index in [9.17, 15) is 4.79 Å². The summed E-state index contributed by atoms with van der Waals surface area (Å²) in [5.41, 5.74) is 5.60. The molecule has 0 radical (unpaired) electrons. The van der Waals surface area contributed by atoms with Crippen molar-refractivity contribution in [3.05, 3.63) is 0 Å². The number of nitrogens with zero attached hydrogens (tertiary/aromatic N) is 1. The average Bonchev–Trinajstić information content (AvgIpc) is 2.68. The van der Waals surface area contributed by atoms with Crippen LogP contribution >= 0.6 is 0 Å². The van der Waals surface area contributed by atoms with Gasteiger partial charge in [0.2, 0.25) is 5.91 Å². The van der Waals surface area contributed by atoms with Gasteiger partial charge in [-0.2, -0.15) is 0 Å². The van der Waals surface area contributed by atoms with Gasteiger partial charge in [0.1, 0.15) is 0 Å². The van der Waals surface area contributed by atoms with Gasteiger partial charge in [-0.05, 0) is 25.2 Å². The van der Waals surface area contributed by atoms with Crippen molar-refractivity contribution in [1.82, 2.24) is 4.90 Å².